The summed E-state index contributed by atoms with van der Waals surface area (Å²) in [7, 11) is 0. The predicted molar refractivity (Wildman–Crippen MR) is 109 cm³/mol. The number of likely N-dealkylation sites (tertiary alicyclic amines) is 1. The summed E-state index contributed by atoms with van der Waals surface area (Å²) >= 11 is 0. The summed E-state index contributed by atoms with van der Waals surface area (Å²) < 4.78 is 3.11. The minimum absolute atomic E-state index is 0.0526. The number of carbonyl (C=O) groups excluding carboxylic acids is 2. The Balaban J connectivity index is 1.58. The number of nitrogens with one attached hydrogen (secondary N) is 2. The van der Waals surface area contributed by atoms with Crippen LogP contribution in [0.15, 0.2) is 43.0 Å². The van der Waals surface area contributed by atoms with Gasteiger partial charge in [0.05, 0.1) is 11.0 Å². The van der Waals surface area contributed by atoms with Crippen LogP contribution in [-0.2, 0) is 11.3 Å². The molecule has 0 radical (unpaired) electrons. The van der Waals surface area contributed by atoms with Crippen LogP contribution in [-0.4, -0.2) is 48.0 Å². The molecular formula is C20H25N7O2. The summed E-state index contributed by atoms with van der Waals surface area (Å²) in [6.45, 7) is 4.35. The molecule has 29 heavy (non-hydrogen) atoms. The van der Waals surface area contributed by atoms with Gasteiger partial charge in [-0.15, -0.1) is 0 Å². The summed E-state index contributed by atoms with van der Waals surface area (Å²) in [6, 6.07) is 7.64. The molecule has 0 bridgehead atoms. The molecule has 0 saturated carbocycles. The summed E-state index contributed by atoms with van der Waals surface area (Å²) in [4.78, 5) is 35.7. The SMILES string of the molecule is C[C@@H]1CCC[C@@H](C)N1C(=O)Cn1c(NNC(=O)n2ccnc2)nc2ccccc21. The number of piperidine rings is 1. The van der Waals surface area contributed by atoms with Crippen LogP contribution >= 0.6 is 0 Å². The Labute approximate surface area is 168 Å². The third-order valence-corrected chi connectivity index (χ3v) is 5.45. The predicted octanol–water partition coefficient (Wildman–Crippen LogP) is 2.61. The van der Waals surface area contributed by atoms with E-state index in [-0.39, 0.29) is 24.5 Å². The van der Waals surface area contributed by atoms with E-state index in [1.807, 2.05) is 29.2 Å². The highest BCUT2D eigenvalue weighted by molar-refractivity contribution is 5.84. The molecule has 152 valence electrons. The van der Waals surface area contributed by atoms with Gasteiger partial charge >= 0.3 is 6.03 Å². The quantitative estimate of drug-likeness (QED) is 0.662. The zero-order valence-corrected chi connectivity index (χ0v) is 16.6. The van der Waals surface area contributed by atoms with Crippen molar-refractivity contribution in [2.24, 2.45) is 0 Å². The van der Waals surface area contributed by atoms with Crippen LogP contribution in [0.5, 0.6) is 0 Å². The van der Waals surface area contributed by atoms with Crippen molar-refractivity contribution in [2.75, 3.05) is 5.43 Å². The lowest BCUT2D eigenvalue weighted by Gasteiger charge is -2.39. The topological polar surface area (TPSA) is 97.1 Å². The number of hydrogen-bond acceptors (Lipinski definition) is 5. The number of anilines is 1. The van der Waals surface area contributed by atoms with Gasteiger partial charge in [0, 0.05) is 24.5 Å². The molecule has 2 N–H and O–H groups in total. The summed E-state index contributed by atoms with van der Waals surface area (Å²) in [5, 5.41) is 0. The molecule has 1 saturated heterocycles. The number of imidazole rings is 2. The molecule has 9 heteroatoms. The molecule has 2 amide bonds. The largest absolute Gasteiger partial charge is 0.345 e. The second-order valence-corrected chi connectivity index (χ2v) is 7.47. The molecule has 0 spiro atoms. The molecule has 0 unspecified atom stereocenters. The lowest BCUT2D eigenvalue weighted by Crippen LogP contribution is -2.48. The molecule has 3 aromatic rings. The fourth-order valence-electron chi connectivity index (χ4n) is 4.01. The Morgan fingerprint density at radius 1 is 1.17 bits per heavy atom. The van der Waals surface area contributed by atoms with E-state index in [9.17, 15) is 9.59 Å². The van der Waals surface area contributed by atoms with E-state index in [1.165, 1.54) is 17.1 Å². The maximum atomic E-state index is 13.2. The second-order valence-electron chi connectivity index (χ2n) is 7.47. The van der Waals surface area contributed by atoms with E-state index >= 15 is 0 Å². The minimum Gasteiger partial charge on any atom is -0.336 e. The molecule has 9 nitrogen and oxygen atoms in total. The molecule has 1 aromatic carbocycles. The van der Waals surface area contributed by atoms with Crippen molar-refractivity contribution in [3.63, 3.8) is 0 Å². The van der Waals surface area contributed by atoms with Gasteiger partial charge in [-0.2, -0.15) is 0 Å². The van der Waals surface area contributed by atoms with Crippen LogP contribution in [0.3, 0.4) is 0 Å². The van der Waals surface area contributed by atoms with Crippen molar-refractivity contribution >= 4 is 28.9 Å². The summed E-state index contributed by atoms with van der Waals surface area (Å²) in [5.41, 5.74) is 7.03. The van der Waals surface area contributed by atoms with Gasteiger partial charge in [-0.3, -0.25) is 19.4 Å². The number of benzene rings is 1. The minimum atomic E-state index is -0.397. The average Bonchev–Trinajstić information content (AvgIpc) is 3.35. The smallest absolute Gasteiger partial charge is 0.336 e. The number of carbonyl (C=O) groups is 2. The number of amides is 2. The maximum Gasteiger partial charge on any atom is 0.345 e. The van der Waals surface area contributed by atoms with Gasteiger partial charge < -0.3 is 4.90 Å². The molecule has 1 aliphatic heterocycles. The van der Waals surface area contributed by atoms with Crippen molar-refractivity contribution in [3.05, 3.63) is 43.0 Å². The van der Waals surface area contributed by atoms with E-state index < -0.39 is 6.03 Å². The standard InChI is InChI=1S/C20H25N7O2/c1-14-6-5-7-15(2)27(14)18(28)12-26-17-9-4-3-8-16(17)22-19(26)23-24-20(29)25-11-10-21-13-25/h3-4,8-11,13-15H,5-7,12H2,1-2H3,(H,22,23)(H,24,29)/t14-,15-/m1/s1. The first-order chi connectivity index (χ1) is 14.0. The summed E-state index contributed by atoms with van der Waals surface area (Å²) in [5.74, 6) is 0.460. The molecule has 1 fully saturated rings. The zero-order valence-electron chi connectivity index (χ0n) is 16.6. The maximum absolute atomic E-state index is 13.2. The van der Waals surface area contributed by atoms with E-state index in [1.54, 1.807) is 10.8 Å². The Morgan fingerprint density at radius 3 is 2.66 bits per heavy atom. The highest BCUT2D eigenvalue weighted by Crippen LogP contribution is 2.25. The van der Waals surface area contributed by atoms with Crippen molar-refractivity contribution in [2.45, 2.75) is 51.7 Å². The van der Waals surface area contributed by atoms with Crippen LogP contribution in [0.2, 0.25) is 0 Å². The third kappa shape index (κ3) is 3.80. The van der Waals surface area contributed by atoms with Crippen LogP contribution in [0.25, 0.3) is 11.0 Å². The summed E-state index contributed by atoms with van der Waals surface area (Å²) in [6.07, 6.45) is 7.66. The van der Waals surface area contributed by atoms with Gasteiger partial charge in [-0.05, 0) is 45.2 Å². The molecule has 0 aliphatic carbocycles. The van der Waals surface area contributed by atoms with Crippen LogP contribution in [0, 0.1) is 0 Å². The number of nitrogens with zero attached hydrogens (tertiary/aromatic N) is 5. The molecule has 2 atom stereocenters. The Bertz CT molecular complexity index is 1000. The van der Waals surface area contributed by atoms with Gasteiger partial charge in [0.1, 0.15) is 12.9 Å². The second kappa shape index (κ2) is 7.94. The third-order valence-electron chi connectivity index (χ3n) is 5.45. The molecule has 1 aliphatic rings. The number of fused-ring (bicyclic) bond motifs is 1. The van der Waals surface area contributed by atoms with Crippen LogP contribution < -0.4 is 10.9 Å². The number of para-hydroxylation sites is 2. The fourth-order valence-corrected chi connectivity index (χ4v) is 4.01. The van der Waals surface area contributed by atoms with Crippen molar-refractivity contribution in [1.29, 1.82) is 0 Å². The van der Waals surface area contributed by atoms with Crippen LogP contribution in [0.1, 0.15) is 33.1 Å². The normalized spacial score (nSPS) is 19.3. The number of hydrazine groups is 1. The van der Waals surface area contributed by atoms with E-state index in [0.717, 1.165) is 30.3 Å². The highest BCUT2D eigenvalue weighted by Gasteiger charge is 2.29. The van der Waals surface area contributed by atoms with E-state index in [0.29, 0.717) is 5.95 Å². The zero-order chi connectivity index (χ0) is 20.4. The Hall–Kier alpha value is -3.36. The molecule has 3 heterocycles. The van der Waals surface area contributed by atoms with Crippen molar-refractivity contribution < 1.29 is 9.59 Å². The van der Waals surface area contributed by atoms with Crippen molar-refractivity contribution in [3.8, 4) is 0 Å². The number of rotatable bonds is 4. The van der Waals surface area contributed by atoms with Crippen LogP contribution in [0.4, 0.5) is 10.7 Å². The lowest BCUT2D eigenvalue weighted by atomic mass is 9.97. The Morgan fingerprint density at radius 2 is 1.93 bits per heavy atom. The monoisotopic (exact) mass is 395 g/mol. The van der Waals surface area contributed by atoms with E-state index in [2.05, 4.69) is 34.7 Å². The molecule has 4 rings (SSSR count). The van der Waals surface area contributed by atoms with Gasteiger partial charge in [0.2, 0.25) is 11.9 Å². The molecular weight excluding hydrogens is 370 g/mol. The molecule has 2 aromatic heterocycles. The van der Waals surface area contributed by atoms with Gasteiger partial charge in [0.15, 0.2) is 0 Å². The first-order valence-corrected chi connectivity index (χ1v) is 9.85. The number of hydrogen-bond donors (Lipinski definition) is 2. The average molecular weight is 395 g/mol. The highest BCUT2D eigenvalue weighted by atomic mass is 16.2. The van der Waals surface area contributed by atoms with Gasteiger partial charge in [0.25, 0.3) is 0 Å². The first kappa shape index (κ1) is 19.0. The van der Waals surface area contributed by atoms with Gasteiger partial charge in [-0.25, -0.2) is 20.2 Å². The van der Waals surface area contributed by atoms with Gasteiger partial charge in [-0.1, -0.05) is 12.1 Å². The fraction of sp³-hybridized carbons (Fsp3) is 0.400. The Kier molecular flexibility index (Phi) is 5.20. The lowest BCUT2D eigenvalue weighted by molar-refractivity contribution is -0.137. The first-order valence-electron chi connectivity index (χ1n) is 9.85. The van der Waals surface area contributed by atoms with E-state index in [4.69, 9.17) is 0 Å². The van der Waals surface area contributed by atoms with Crippen molar-refractivity contribution in [1.82, 2.24) is 29.4 Å². The number of aromatic nitrogens is 4.